The second kappa shape index (κ2) is 10.5. The highest BCUT2D eigenvalue weighted by Gasteiger charge is 2.05. The molecule has 0 aliphatic heterocycles. The van der Waals surface area contributed by atoms with E-state index in [-0.39, 0.29) is 6.29 Å². The van der Waals surface area contributed by atoms with Crippen LogP contribution in [0.4, 0.5) is 0 Å². The van der Waals surface area contributed by atoms with E-state index in [4.69, 9.17) is 9.47 Å². The zero-order chi connectivity index (χ0) is 13.1. The lowest BCUT2D eigenvalue weighted by atomic mass is 10.2. The van der Waals surface area contributed by atoms with Gasteiger partial charge in [0.2, 0.25) is 0 Å². The number of benzene rings is 1. The number of ether oxygens (including phenoxy) is 2. The van der Waals surface area contributed by atoms with Gasteiger partial charge in [0.1, 0.15) is 0 Å². The highest BCUT2D eigenvalue weighted by Crippen LogP contribution is 2.04. The van der Waals surface area contributed by atoms with Crippen molar-refractivity contribution in [1.29, 1.82) is 0 Å². The van der Waals surface area contributed by atoms with Crippen LogP contribution in [0.3, 0.4) is 0 Å². The number of alkyl halides is 1. The molecule has 0 aromatic heterocycles. The maximum Gasteiger partial charge on any atom is 0.166 e. The van der Waals surface area contributed by atoms with Crippen molar-refractivity contribution in [2.24, 2.45) is 0 Å². The summed E-state index contributed by atoms with van der Waals surface area (Å²) in [6, 6.07) is 10.2. The number of hydrogen-bond donors (Lipinski definition) is 0. The lowest BCUT2D eigenvalue weighted by Gasteiger charge is -2.14. The Morgan fingerprint density at radius 3 is 2.67 bits per heavy atom. The summed E-state index contributed by atoms with van der Waals surface area (Å²) in [6.45, 7) is 3.53. The first-order chi connectivity index (χ1) is 8.86. The van der Waals surface area contributed by atoms with Crippen LogP contribution in [0.5, 0.6) is 0 Å². The van der Waals surface area contributed by atoms with Gasteiger partial charge >= 0.3 is 0 Å². The van der Waals surface area contributed by atoms with E-state index in [1.165, 1.54) is 5.56 Å². The van der Waals surface area contributed by atoms with Crippen LogP contribution >= 0.6 is 22.6 Å². The van der Waals surface area contributed by atoms with Crippen LogP contribution in [-0.4, -0.2) is 23.9 Å². The molecule has 0 N–H and O–H groups in total. The third kappa shape index (κ3) is 7.13. The van der Waals surface area contributed by atoms with E-state index in [1.807, 2.05) is 24.3 Å². The van der Waals surface area contributed by atoms with E-state index < -0.39 is 0 Å². The molecule has 1 rings (SSSR count). The molecule has 1 unspecified atom stereocenters. The molecule has 0 heterocycles. The minimum Gasteiger partial charge on any atom is -0.352 e. The molecule has 0 aliphatic carbocycles. The molecule has 18 heavy (non-hydrogen) atoms. The minimum absolute atomic E-state index is 0.0856. The van der Waals surface area contributed by atoms with Crippen molar-refractivity contribution in [3.8, 4) is 0 Å². The fourth-order valence-electron chi connectivity index (χ4n) is 1.41. The molecule has 0 radical (unpaired) electrons. The summed E-state index contributed by atoms with van der Waals surface area (Å²) in [5.74, 6) is 0. The number of unbranched alkanes of at least 4 members (excludes halogenated alkanes) is 1. The van der Waals surface area contributed by atoms with Gasteiger partial charge in [0.25, 0.3) is 0 Å². The first-order valence-corrected chi connectivity index (χ1v) is 7.90. The minimum atomic E-state index is -0.0856. The van der Waals surface area contributed by atoms with Gasteiger partial charge in [-0.05, 0) is 12.0 Å². The molecule has 1 aromatic rings. The largest absolute Gasteiger partial charge is 0.352 e. The summed E-state index contributed by atoms with van der Waals surface area (Å²) in [6.07, 6.45) is 6.25. The topological polar surface area (TPSA) is 18.5 Å². The molecule has 0 spiro atoms. The quantitative estimate of drug-likeness (QED) is 0.283. The average molecular weight is 360 g/mol. The van der Waals surface area contributed by atoms with Crippen LogP contribution in [0.2, 0.25) is 0 Å². The summed E-state index contributed by atoms with van der Waals surface area (Å²) >= 11 is 2.29. The average Bonchev–Trinajstić information content (AvgIpc) is 2.43. The molecule has 0 saturated heterocycles. The Labute approximate surface area is 124 Å². The summed E-state index contributed by atoms with van der Waals surface area (Å²) in [5, 5.41) is 0. The van der Waals surface area contributed by atoms with Gasteiger partial charge in [-0.1, -0.05) is 78.4 Å². The predicted molar refractivity (Wildman–Crippen MR) is 85.0 cm³/mol. The lowest BCUT2D eigenvalue weighted by Crippen LogP contribution is -2.19. The summed E-state index contributed by atoms with van der Waals surface area (Å²) in [7, 11) is 0. The van der Waals surface area contributed by atoms with E-state index in [2.05, 4.69) is 47.7 Å². The Morgan fingerprint density at radius 1 is 1.22 bits per heavy atom. The Balaban J connectivity index is 2.20. The second-order valence-corrected chi connectivity index (χ2v) is 4.84. The fourth-order valence-corrected chi connectivity index (χ4v) is 1.92. The van der Waals surface area contributed by atoms with Gasteiger partial charge in [-0.2, -0.15) is 0 Å². The van der Waals surface area contributed by atoms with E-state index >= 15 is 0 Å². The standard InChI is InChI=1S/C15H21IO2/c1-2-3-11-17-15(13-16)18-12-7-10-14-8-5-4-6-9-14/h4-10,15H,2-3,11-13H2,1H3/b10-7+. The van der Waals surface area contributed by atoms with Crippen LogP contribution in [-0.2, 0) is 9.47 Å². The first kappa shape index (κ1) is 15.7. The third-order valence-electron chi connectivity index (χ3n) is 2.42. The molecule has 0 fully saturated rings. The zero-order valence-corrected chi connectivity index (χ0v) is 13.0. The summed E-state index contributed by atoms with van der Waals surface area (Å²) < 4.78 is 12.1. The Bertz CT molecular complexity index is 325. The molecule has 0 bridgehead atoms. The maximum atomic E-state index is 5.64. The van der Waals surface area contributed by atoms with Crippen molar-refractivity contribution in [2.75, 3.05) is 17.6 Å². The monoisotopic (exact) mass is 360 g/mol. The van der Waals surface area contributed by atoms with Crippen molar-refractivity contribution in [2.45, 2.75) is 26.1 Å². The molecule has 3 heteroatoms. The third-order valence-corrected chi connectivity index (χ3v) is 3.14. The van der Waals surface area contributed by atoms with E-state index in [9.17, 15) is 0 Å². The predicted octanol–water partition coefficient (Wildman–Crippen LogP) is 4.29. The van der Waals surface area contributed by atoms with Gasteiger partial charge in [-0.25, -0.2) is 0 Å². The van der Waals surface area contributed by atoms with Gasteiger partial charge in [-0.3, -0.25) is 0 Å². The van der Waals surface area contributed by atoms with Crippen LogP contribution in [0.15, 0.2) is 36.4 Å². The normalized spacial score (nSPS) is 13.0. The Kier molecular flexibility index (Phi) is 9.16. The smallest absolute Gasteiger partial charge is 0.166 e. The molecule has 2 nitrogen and oxygen atoms in total. The van der Waals surface area contributed by atoms with Gasteiger partial charge in [0, 0.05) is 6.61 Å². The van der Waals surface area contributed by atoms with Crippen LogP contribution in [0.1, 0.15) is 25.3 Å². The van der Waals surface area contributed by atoms with E-state index in [0.717, 1.165) is 23.9 Å². The van der Waals surface area contributed by atoms with Gasteiger partial charge < -0.3 is 9.47 Å². The number of hydrogen-bond acceptors (Lipinski definition) is 2. The van der Waals surface area contributed by atoms with E-state index in [0.29, 0.717) is 6.61 Å². The first-order valence-electron chi connectivity index (χ1n) is 6.37. The summed E-state index contributed by atoms with van der Waals surface area (Å²) in [4.78, 5) is 0. The van der Waals surface area contributed by atoms with Crippen LogP contribution < -0.4 is 0 Å². The summed E-state index contributed by atoms with van der Waals surface area (Å²) in [5.41, 5.74) is 1.19. The van der Waals surface area contributed by atoms with Crippen molar-refractivity contribution >= 4 is 28.7 Å². The number of rotatable bonds is 9. The zero-order valence-electron chi connectivity index (χ0n) is 10.8. The van der Waals surface area contributed by atoms with Gasteiger partial charge in [0.05, 0.1) is 11.0 Å². The van der Waals surface area contributed by atoms with Crippen LogP contribution in [0.25, 0.3) is 6.08 Å². The fraction of sp³-hybridized carbons (Fsp3) is 0.467. The van der Waals surface area contributed by atoms with Crippen molar-refractivity contribution in [1.82, 2.24) is 0 Å². The van der Waals surface area contributed by atoms with Crippen molar-refractivity contribution in [3.63, 3.8) is 0 Å². The van der Waals surface area contributed by atoms with Crippen LogP contribution in [0, 0.1) is 0 Å². The highest BCUT2D eigenvalue weighted by atomic mass is 127. The lowest BCUT2D eigenvalue weighted by molar-refractivity contribution is -0.117. The molecule has 1 atom stereocenters. The van der Waals surface area contributed by atoms with Crippen molar-refractivity contribution in [3.05, 3.63) is 42.0 Å². The SMILES string of the molecule is CCCCOC(CI)OC/C=C/c1ccccc1. The Morgan fingerprint density at radius 2 is 2.00 bits per heavy atom. The Hall–Kier alpha value is -0.390. The van der Waals surface area contributed by atoms with E-state index in [1.54, 1.807) is 0 Å². The molecule has 0 aliphatic rings. The molecule has 1 aromatic carbocycles. The van der Waals surface area contributed by atoms with Gasteiger partial charge in [-0.15, -0.1) is 0 Å². The highest BCUT2D eigenvalue weighted by molar-refractivity contribution is 14.1. The molecule has 0 saturated carbocycles. The second-order valence-electron chi connectivity index (χ2n) is 3.95. The molecule has 0 amide bonds. The molecule has 100 valence electrons. The maximum absolute atomic E-state index is 5.64. The van der Waals surface area contributed by atoms with Crippen molar-refractivity contribution < 1.29 is 9.47 Å². The van der Waals surface area contributed by atoms with Gasteiger partial charge in [0.15, 0.2) is 6.29 Å². The number of halogens is 1. The molecular formula is C15H21IO2. The molecular weight excluding hydrogens is 339 g/mol.